The fourth-order valence-corrected chi connectivity index (χ4v) is 1.46. The van der Waals surface area contributed by atoms with Gasteiger partial charge in [-0.1, -0.05) is 0 Å². The molecule has 0 fully saturated rings. The van der Waals surface area contributed by atoms with E-state index in [1.54, 1.807) is 24.3 Å². The molecule has 3 aromatic rings. The molecular weight excluding hydrogens is 222 g/mol. The third-order valence-electron chi connectivity index (χ3n) is 2.18. The van der Waals surface area contributed by atoms with Crippen molar-refractivity contribution < 1.29 is 13.3 Å². The molecule has 0 saturated heterocycles. The molecule has 3 heterocycles. The van der Waals surface area contributed by atoms with E-state index in [1.165, 1.54) is 18.6 Å². The van der Waals surface area contributed by atoms with E-state index in [0.29, 0.717) is 17.2 Å². The molecule has 3 rings (SSSR count). The monoisotopic (exact) mass is 229 g/mol. The van der Waals surface area contributed by atoms with Gasteiger partial charge in [-0.3, -0.25) is 0 Å². The summed E-state index contributed by atoms with van der Waals surface area (Å²) in [4.78, 5) is 15.6. The highest BCUT2D eigenvalue weighted by Gasteiger charge is 2.11. The van der Waals surface area contributed by atoms with Crippen LogP contribution in [0, 0.1) is 0 Å². The largest absolute Gasteiger partial charge is 0.463 e. The van der Waals surface area contributed by atoms with Gasteiger partial charge < -0.3 is 13.3 Å². The molecule has 0 atom stereocenters. The second-order valence-corrected chi connectivity index (χ2v) is 3.32. The van der Waals surface area contributed by atoms with Gasteiger partial charge in [-0.2, -0.15) is 0 Å². The first-order valence-electron chi connectivity index (χ1n) is 4.93. The van der Waals surface area contributed by atoms with Gasteiger partial charge in [-0.15, -0.1) is 0 Å². The lowest BCUT2D eigenvalue weighted by molar-refractivity contribution is 0.473. The smallest absolute Gasteiger partial charge is 0.339 e. The Morgan fingerprint density at radius 2 is 1.71 bits per heavy atom. The van der Waals surface area contributed by atoms with E-state index in [4.69, 9.17) is 13.3 Å². The molecule has 0 bridgehead atoms. The zero-order valence-corrected chi connectivity index (χ0v) is 8.62. The Hall–Kier alpha value is -2.56. The van der Waals surface area contributed by atoms with Gasteiger partial charge in [0, 0.05) is 0 Å². The van der Waals surface area contributed by atoms with Crippen LogP contribution in [0.25, 0.3) is 23.1 Å². The quantitative estimate of drug-likeness (QED) is 0.675. The van der Waals surface area contributed by atoms with E-state index in [2.05, 4.69) is 4.98 Å². The van der Waals surface area contributed by atoms with Crippen LogP contribution < -0.4 is 5.63 Å². The molecule has 0 aliphatic heterocycles. The molecule has 84 valence electrons. The third kappa shape index (κ3) is 1.78. The average Bonchev–Trinajstić information content (AvgIpc) is 3.02. The van der Waals surface area contributed by atoms with Crippen molar-refractivity contribution >= 4 is 0 Å². The van der Waals surface area contributed by atoms with E-state index in [-0.39, 0.29) is 5.89 Å². The standard InChI is InChI=1S/C12H7NO4/c14-11-7-8(9-3-1-5-15-9)13-12(17-11)10-4-2-6-16-10/h1-7H. The highest BCUT2D eigenvalue weighted by atomic mass is 16.4. The SMILES string of the molecule is O=c1cc(-c2ccco2)nc(-c2ccco2)o1. The summed E-state index contributed by atoms with van der Waals surface area (Å²) in [6.07, 6.45) is 2.99. The second kappa shape index (κ2) is 3.79. The summed E-state index contributed by atoms with van der Waals surface area (Å²) >= 11 is 0. The van der Waals surface area contributed by atoms with Crippen LogP contribution in [0.1, 0.15) is 0 Å². The Morgan fingerprint density at radius 3 is 2.35 bits per heavy atom. The topological polar surface area (TPSA) is 69.4 Å². The Morgan fingerprint density at radius 1 is 1.00 bits per heavy atom. The van der Waals surface area contributed by atoms with Gasteiger partial charge in [0.25, 0.3) is 5.89 Å². The van der Waals surface area contributed by atoms with Crippen molar-refractivity contribution in [1.82, 2.24) is 4.98 Å². The van der Waals surface area contributed by atoms with Crippen LogP contribution in [0.5, 0.6) is 0 Å². The molecule has 0 aliphatic rings. The van der Waals surface area contributed by atoms with E-state index in [1.807, 2.05) is 0 Å². The molecule has 0 spiro atoms. The highest BCUT2D eigenvalue weighted by Crippen LogP contribution is 2.21. The van der Waals surface area contributed by atoms with Crippen LogP contribution in [0.2, 0.25) is 0 Å². The Kier molecular flexibility index (Phi) is 2.15. The molecule has 0 aromatic carbocycles. The molecule has 0 N–H and O–H groups in total. The Labute approximate surface area is 95.3 Å². The van der Waals surface area contributed by atoms with E-state index in [0.717, 1.165) is 0 Å². The van der Waals surface area contributed by atoms with Crippen molar-refractivity contribution in [2.75, 3.05) is 0 Å². The molecule has 0 unspecified atom stereocenters. The number of furan rings is 2. The average molecular weight is 229 g/mol. The summed E-state index contributed by atoms with van der Waals surface area (Å²) in [6.45, 7) is 0. The minimum atomic E-state index is -0.502. The maximum atomic E-state index is 11.4. The fourth-order valence-electron chi connectivity index (χ4n) is 1.46. The first-order chi connectivity index (χ1) is 8.33. The van der Waals surface area contributed by atoms with Gasteiger partial charge in [-0.05, 0) is 24.3 Å². The number of rotatable bonds is 2. The number of hydrogen-bond donors (Lipinski definition) is 0. The van der Waals surface area contributed by atoms with E-state index < -0.39 is 5.63 Å². The van der Waals surface area contributed by atoms with Crippen LogP contribution in [-0.2, 0) is 0 Å². The molecule has 0 saturated carbocycles. The van der Waals surface area contributed by atoms with Crippen LogP contribution >= 0.6 is 0 Å². The van der Waals surface area contributed by atoms with Gasteiger partial charge in [0.1, 0.15) is 5.69 Å². The lowest BCUT2D eigenvalue weighted by Gasteiger charge is -1.97. The molecule has 17 heavy (non-hydrogen) atoms. The third-order valence-corrected chi connectivity index (χ3v) is 2.18. The number of nitrogens with zero attached hydrogens (tertiary/aromatic N) is 1. The summed E-state index contributed by atoms with van der Waals surface area (Å²) < 4.78 is 15.3. The zero-order chi connectivity index (χ0) is 11.7. The molecular formula is C12H7NO4. The highest BCUT2D eigenvalue weighted by molar-refractivity contribution is 5.54. The van der Waals surface area contributed by atoms with Gasteiger partial charge in [0.2, 0.25) is 0 Å². The van der Waals surface area contributed by atoms with Gasteiger partial charge in [0.15, 0.2) is 11.5 Å². The van der Waals surface area contributed by atoms with Crippen LogP contribution in [0.4, 0.5) is 0 Å². The number of hydrogen-bond acceptors (Lipinski definition) is 5. The molecule has 0 amide bonds. The summed E-state index contributed by atoms with van der Waals surface area (Å²) in [5.41, 5.74) is -0.0875. The maximum absolute atomic E-state index is 11.4. The minimum Gasteiger partial charge on any atom is -0.463 e. The molecule has 3 aromatic heterocycles. The van der Waals surface area contributed by atoms with E-state index >= 15 is 0 Å². The molecule has 0 aliphatic carbocycles. The predicted octanol–water partition coefficient (Wildman–Crippen LogP) is 2.55. The van der Waals surface area contributed by atoms with Crippen molar-refractivity contribution in [3.8, 4) is 23.1 Å². The van der Waals surface area contributed by atoms with Crippen LogP contribution in [0.3, 0.4) is 0 Å². The second-order valence-electron chi connectivity index (χ2n) is 3.32. The first kappa shape index (κ1) is 9.65. The van der Waals surface area contributed by atoms with Crippen molar-refractivity contribution in [3.63, 3.8) is 0 Å². The minimum absolute atomic E-state index is 0.133. The lowest BCUT2D eigenvalue weighted by atomic mass is 10.3. The maximum Gasteiger partial charge on any atom is 0.339 e. The summed E-state index contributed by atoms with van der Waals surface area (Å²) in [5.74, 6) is 1.04. The van der Waals surface area contributed by atoms with Gasteiger partial charge in [0.05, 0.1) is 18.6 Å². The normalized spacial score (nSPS) is 10.6. The van der Waals surface area contributed by atoms with Crippen molar-refractivity contribution in [3.05, 3.63) is 53.3 Å². The predicted molar refractivity (Wildman–Crippen MR) is 58.2 cm³/mol. The zero-order valence-electron chi connectivity index (χ0n) is 8.62. The van der Waals surface area contributed by atoms with Crippen LogP contribution in [-0.4, -0.2) is 4.98 Å². The molecule has 5 heteroatoms. The Bertz CT molecular complexity index is 609. The molecule has 0 radical (unpaired) electrons. The first-order valence-corrected chi connectivity index (χ1v) is 4.93. The number of aromatic nitrogens is 1. The Balaban J connectivity index is 2.17. The summed E-state index contributed by atoms with van der Waals surface area (Å²) in [5, 5.41) is 0. The lowest BCUT2D eigenvalue weighted by Crippen LogP contribution is -2.01. The van der Waals surface area contributed by atoms with Crippen LogP contribution in [0.15, 0.2) is 60.9 Å². The van der Waals surface area contributed by atoms with Gasteiger partial charge in [-0.25, -0.2) is 9.78 Å². The fraction of sp³-hybridized carbons (Fsp3) is 0. The van der Waals surface area contributed by atoms with Crippen molar-refractivity contribution in [1.29, 1.82) is 0 Å². The van der Waals surface area contributed by atoms with Crippen molar-refractivity contribution in [2.24, 2.45) is 0 Å². The van der Waals surface area contributed by atoms with E-state index in [9.17, 15) is 4.79 Å². The summed E-state index contributed by atoms with van der Waals surface area (Å²) in [7, 11) is 0. The van der Waals surface area contributed by atoms with Crippen molar-refractivity contribution in [2.45, 2.75) is 0 Å². The summed E-state index contributed by atoms with van der Waals surface area (Å²) in [6, 6.07) is 8.06. The molecule has 5 nitrogen and oxygen atoms in total. The van der Waals surface area contributed by atoms with Gasteiger partial charge >= 0.3 is 5.63 Å².